The maximum Gasteiger partial charge on any atom is 0.0504 e. The van der Waals surface area contributed by atoms with Gasteiger partial charge in [0.15, 0.2) is 0 Å². The zero-order chi connectivity index (χ0) is 10.9. The first kappa shape index (κ1) is 11.3. The quantitative estimate of drug-likeness (QED) is 0.662. The summed E-state index contributed by atoms with van der Waals surface area (Å²) in [5.74, 6) is 2.82. The van der Waals surface area contributed by atoms with Crippen LogP contribution in [-0.2, 0) is 5.41 Å². The van der Waals surface area contributed by atoms with Crippen LogP contribution in [0, 0.1) is 26.2 Å². The zero-order valence-corrected chi connectivity index (χ0v) is 10.7. The fourth-order valence-electron chi connectivity index (χ4n) is 1.39. The molecule has 1 aromatic rings. The van der Waals surface area contributed by atoms with Gasteiger partial charge < -0.3 is 0 Å². The summed E-state index contributed by atoms with van der Waals surface area (Å²) >= 11 is 3.55. The Morgan fingerprint density at radius 2 is 1.64 bits per heavy atom. The van der Waals surface area contributed by atoms with Crippen LogP contribution in [0.4, 0.5) is 0 Å². The van der Waals surface area contributed by atoms with Gasteiger partial charge in [-0.05, 0) is 44.4 Å². The molecule has 0 spiro atoms. The normalized spacial score (nSPS) is 11.1. The average Bonchev–Trinajstić information content (AvgIpc) is 2.13. The average molecular weight is 251 g/mol. The molecule has 0 saturated heterocycles. The van der Waals surface area contributed by atoms with Gasteiger partial charge in [-0.1, -0.05) is 34.0 Å². The van der Waals surface area contributed by atoms with Crippen molar-refractivity contribution in [3.8, 4) is 12.3 Å². The summed E-state index contributed by atoms with van der Waals surface area (Å²) in [6, 6.07) is 4.30. The molecule has 0 radical (unpaired) electrons. The topological polar surface area (TPSA) is 0 Å². The van der Waals surface area contributed by atoms with Crippen molar-refractivity contribution in [3.05, 3.63) is 33.3 Å². The highest BCUT2D eigenvalue weighted by Crippen LogP contribution is 2.29. The van der Waals surface area contributed by atoms with Gasteiger partial charge in [0.2, 0.25) is 0 Å². The van der Waals surface area contributed by atoms with E-state index in [4.69, 9.17) is 6.42 Å². The summed E-state index contributed by atoms with van der Waals surface area (Å²) in [5.41, 5.74) is 3.50. The number of benzene rings is 1. The monoisotopic (exact) mass is 250 g/mol. The Bertz CT molecular complexity index is 371. The van der Waals surface area contributed by atoms with E-state index in [9.17, 15) is 0 Å². The summed E-state index contributed by atoms with van der Waals surface area (Å²) in [7, 11) is 0. The van der Waals surface area contributed by atoms with E-state index >= 15 is 0 Å². The maximum atomic E-state index is 5.51. The summed E-state index contributed by atoms with van der Waals surface area (Å²) < 4.78 is 1.18. The van der Waals surface area contributed by atoms with Gasteiger partial charge in [-0.25, -0.2) is 0 Å². The van der Waals surface area contributed by atoms with Crippen molar-refractivity contribution in [3.63, 3.8) is 0 Å². The van der Waals surface area contributed by atoms with Gasteiger partial charge in [0, 0.05) is 4.47 Å². The second kappa shape index (κ2) is 3.79. The molecule has 0 atom stereocenters. The molecule has 0 bridgehead atoms. The molecule has 0 aliphatic carbocycles. The molecule has 0 heterocycles. The summed E-state index contributed by atoms with van der Waals surface area (Å²) in [4.78, 5) is 0. The van der Waals surface area contributed by atoms with Gasteiger partial charge >= 0.3 is 0 Å². The molecule has 0 aliphatic rings. The number of rotatable bonds is 1. The molecule has 1 rings (SSSR count). The van der Waals surface area contributed by atoms with Crippen LogP contribution in [0.15, 0.2) is 16.6 Å². The molecular formula is C13H15Br. The van der Waals surface area contributed by atoms with E-state index in [1.54, 1.807) is 0 Å². The molecule has 0 amide bonds. The molecule has 0 fully saturated rings. The van der Waals surface area contributed by atoms with Gasteiger partial charge in [-0.15, -0.1) is 6.42 Å². The molecular weight excluding hydrogens is 236 g/mol. The Labute approximate surface area is 94.9 Å². The minimum atomic E-state index is -0.184. The van der Waals surface area contributed by atoms with E-state index in [-0.39, 0.29) is 5.41 Å². The van der Waals surface area contributed by atoms with Gasteiger partial charge in [-0.2, -0.15) is 0 Å². The maximum absolute atomic E-state index is 5.51. The van der Waals surface area contributed by atoms with Crippen LogP contribution in [0.3, 0.4) is 0 Å². The van der Waals surface area contributed by atoms with Crippen molar-refractivity contribution in [1.29, 1.82) is 0 Å². The lowest BCUT2D eigenvalue weighted by molar-refractivity contribution is 0.697. The van der Waals surface area contributed by atoms with Gasteiger partial charge in [0.05, 0.1) is 5.41 Å². The third-order valence-electron chi connectivity index (χ3n) is 2.52. The largest absolute Gasteiger partial charge is 0.119 e. The second-order valence-electron chi connectivity index (χ2n) is 4.19. The lowest BCUT2D eigenvalue weighted by atomic mass is 9.84. The van der Waals surface area contributed by atoms with E-state index in [2.05, 4.69) is 61.7 Å². The zero-order valence-electron chi connectivity index (χ0n) is 9.11. The Hall–Kier alpha value is -0.740. The van der Waals surface area contributed by atoms with Crippen molar-refractivity contribution in [2.24, 2.45) is 0 Å². The molecule has 0 unspecified atom stereocenters. The Kier molecular flexibility index (Phi) is 3.07. The number of hydrogen-bond donors (Lipinski definition) is 0. The number of aryl methyl sites for hydroxylation is 2. The van der Waals surface area contributed by atoms with Crippen LogP contribution in [0.5, 0.6) is 0 Å². The van der Waals surface area contributed by atoms with Gasteiger partial charge in [0.25, 0.3) is 0 Å². The van der Waals surface area contributed by atoms with Crippen molar-refractivity contribution in [1.82, 2.24) is 0 Å². The molecule has 1 aromatic carbocycles. The molecule has 74 valence electrons. The first-order valence-electron chi connectivity index (χ1n) is 4.63. The lowest BCUT2D eigenvalue weighted by Gasteiger charge is -2.20. The smallest absolute Gasteiger partial charge is 0.0504 e. The SMILES string of the molecule is C#CC(C)(C)c1cc(C)c(Br)c(C)c1. The molecule has 0 N–H and O–H groups in total. The summed E-state index contributed by atoms with van der Waals surface area (Å²) in [6.07, 6.45) is 5.51. The molecule has 0 aromatic heterocycles. The van der Waals surface area contributed by atoms with Crippen LogP contribution in [0.25, 0.3) is 0 Å². The van der Waals surface area contributed by atoms with E-state index in [0.29, 0.717) is 0 Å². The van der Waals surface area contributed by atoms with Crippen molar-refractivity contribution in [2.45, 2.75) is 33.1 Å². The Balaban J connectivity index is 3.35. The first-order valence-corrected chi connectivity index (χ1v) is 5.43. The molecule has 14 heavy (non-hydrogen) atoms. The predicted molar refractivity (Wildman–Crippen MR) is 65.5 cm³/mol. The third kappa shape index (κ3) is 2.01. The Morgan fingerprint density at radius 3 is 2.00 bits per heavy atom. The highest BCUT2D eigenvalue weighted by atomic mass is 79.9. The van der Waals surface area contributed by atoms with Crippen LogP contribution >= 0.6 is 15.9 Å². The van der Waals surface area contributed by atoms with Crippen LogP contribution in [0.2, 0.25) is 0 Å². The van der Waals surface area contributed by atoms with Crippen molar-refractivity contribution in [2.75, 3.05) is 0 Å². The fraction of sp³-hybridized carbons (Fsp3) is 0.385. The standard InChI is InChI=1S/C13H15Br/c1-6-13(4,5)11-7-9(2)12(14)10(3)8-11/h1,7-8H,2-5H3. The fourth-order valence-corrected chi connectivity index (χ4v) is 1.62. The number of halogens is 1. The Morgan fingerprint density at radius 1 is 1.21 bits per heavy atom. The highest BCUT2D eigenvalue weighted by Gasteiger charge is 2.18. The van der Waals surface area contributed by atoms with Crippen LogP contribution in [0.1, 0.15) is 30.5 Å². The van der Waals surface area contributed by atoms with Crippen LogP contribution in [-0.4, -0.2) is 0 Å². The number of hydrogen-bond acceptors (Lipinski definition) is 0. The number of terminal acetylenes is 1. The van der Waals surface area contributed by atoms with Gasteiger partial charge in [-0.3, -0.25) is 0 Å². The van der Waals surface area contributed by atoms with Crippen LogP contribution < -0.4 is 0 Å². The molecule has 1 heteroatoms. The predicted octanol–water partition coefficient (Wildman–Crippen LogP) is 3.98. The van der Waals surface area contributed by atoms with Crippen molar-refractivity contribution >= 4 is 15.9 Å². The van der Waals surface area contributed by atoms with Crippen molar-refractivity contribution < 1.29 is 0 Å². The lowest BCUT2D eigenvalue weighted by Crippen LogP contribution is -2.14. The van der Waals surface area contributed by atoms with E-state index < -0.39 is 0 Å². The van der Waals surface area contributed by atoms with Gasteiger partial charge in [0.1, 0.15) is 0 Å². The molecule has 0 nitrogen and oxygen atoms in total. The molecule has 0 aliphatic heterocycles. The highest BCUT2D eigenvalue weighted by molar-refractivity contribution is 9.10. The van der Waals surface area contributed by atoms with E-state index in [0.717, 1.165) is 0 Å². The molecule has 0 saturated carbocycles. The van der Waals surface area contributed by atoms with E-state index in [1.165, 1.54) is 21.2 Å². The van der Waals surface area contributed by atoms with E-state index in [1.807, 2.05) is 0 Å². The second-order valence-corrected chi connectivity index (χ2v) is 4.99. The first-order chi connectivity index (χ1) is 6.38. The summed E-state index contributed by atoms with van der Waals surface area (Å²) in [6.45, 7) is 8.31. The third-order valence-corrected chi connectivity index (χ3v) is 3.77. The summed E-state index contributed by atoms with van der Waals surface area (Å²) in [5, 5.41) is 0. The minimum Gasteiger partial charge on any atom is -0.119 e. The minimum absolute atomic E-state index is 0.184.